The maximum atomic E-state index is 13.1. The topological polar surface area (TPSA) is 62.6 Å². The van der Waals surface area contributed by atoms with Gasteiger partial charge < -0.3 is 14.6 Å². The second-order valence-corrected chi connectivity index (χ2v) is 6.22. The highest BCUT2D eigenvalue weighted by Crippen LogP contribution is 2.14. The van der Waals surface area contributed by atoms with Gasteiger partial charge in [-0.05, 0) is 36.8 Å². The molecule has 0 aliphatic rings. The van der Waals surface area contributed by atoms with Gasteiger partial charge in [-0.2, -0.15) is 0 Å². The summed E-state index contributed by atoms with van der Waals surface area (Å²) in [6.45, 7) is 5.76. The van der Waals surface area contributed by atoms with Crippen LogP contribution in [0.2, 0.25) is 0 Å². The SMILES string of the molecule is CC(C)C(=O)N(Cc1ccc(F)cc1)[C@@H](C)C(=O)NCc1ccco1. The van der Waals surface area contributed by atoms with E-state index >= 15 is 0 Å². The highest BCUT2D eigenvalue weighted by atomic mass is 19.1. The lowest BCUT2D eigenvalue weighted by molar-refractivity contribution is -0.143. The van der Waals surface area contributed by atoms with Crippen LogP contribution in [-0.2, 0) is 22.7 Å². The van der Waals surface area contributed by atoms with E-state index in [2.05, 4.69) is 5.32 Å². The summed E-state index contributed by atoms with van der Waals surface area (Å²) in [5, 5.41) is 2.77. The Kier molecular flexibility index (Phi) is 6.33. The Balaban J connectivity index is 2.08. The smallest absolute Gasteiger partial charge is 0.242 e. The van der Waals surface area contributed by atoms with Gasteiger partial charge in [0.05, 0.1) is 12.8 Å². The minimum atomic E-state index is -0.657. The average Bonchev–Trinajstić information content (AvgIpc) is 3.11. The summed E-state index contributed by atoms with van der Waals surface area (Å²) in [5.74, 6) is -0.353. The standard InChI is InChI=1S/C19H23FN2O3/c1-13(2)19(24)22(12-15-6-8-16(20)9-7-15)14(3)18(23)21-11-17-5-4-10-25-17/h4-10,13-14H,11-12H2,1-3H3,(H,21,23)/t14-/m0/s1. The molecule has 25 heavy (non-hydrogen) atoms. The lowest BCUT2D eigenvalue weighted by Crippen LogP contribution is -2.48. The van der Waals surface area contributed by atoms with Crippen LogP contribution in [0, 0.1) is 11.7 Å². The van der Waals surface area contributed by atoms with E-state index in [1.807, 2.05) is 0 Å². The first-order valence-corrected chi connectivity index (χ1v) is 8.23. The number of nitrogens with zero attached hydrogens (tertiary/aromatic N) is 1. The number of hydrogen-bond acceptors (Lipinski definition) is 3. The molecule has 6 heteroatoms. The summed E-state index contributed by atoms with van der Waals surface area (Å²) in [7, 11) is 0. The van der Waals surface area contributed by atoms with Gasteiger partial charge in [0, 0.05) is 12.5 Å². The summed E-state index contributed by atoms with van der Waals surface area (Å²) in [4.78, 5) is 26.5. The van der Waals surface area contributed by atoms with Crippen LogP contribution >= 0.6 is 0 Å². The number of hydrogen-bond donors (Lipinski definition) is 1. The number of halogens is 1. The van der Waals surface area contributed by atoms with E-state index in [1.54, 1.807) is 45.0 Å². The lowest BCUT2D eigenvalue weighted by atomic mass is 10.1. The predicted molar refractivity (Wildman–Crippen MR) is 91.8 cm³/mol. The van der Waals surface area contributed by atoms with Gasteiger partial charge in [0.25, 0.3) is 0 Å². The van der Waals surface area contributed by atoms with Gasteiger partial charge in [-0.1, -0.05) is 26.0 Å². The molecule has 0 saturated carbocycles. The van der Waals surface area contributed by atoms with Gasteiger partial charge >= 0.3 is 0 Å². The second kappa shape index (κ2) is 8.46. The Hall–Kier alpha value is -2.63. The van der Waals surface area contributed by atoms with Crippen LogP contribution in [0.25, 0.3) is 0 Å². The predicted octanol–water partition coefficient (Wildman–Crippen LogP) is 3.11. The van der Waals surface area contributed by atoms with E-state index < -0.39 is 6.04 Å². The maximum absolute atomic E-state index is 13.1. The third-order valence-corrected chi connectivity index (χ3v) is 3.91. The molecule has 1 atom stereocenters. The van der Waals surface area contributed by atoms with E-state index in [-0.39, 0.29) is 36.6 Å². The molecule has 0 bridgehead atoms. The Morgan fingerprint density at radius 3 is 2.40 bits per heavy atom. The Morgan fingerprint density at radius 1 is 1.16 bits per heavy atom. The molecule has 134 valence electrons. The molecule has 5 nitrogen and oxygen atoms in total. The highest BCUT2D eigenvalue weighted by Gasteiger charge is 2.27. The zero-order valence-corrected chi connectivity index (χ0v) is 14.7. The molecule has 0 spiro atoms. The molecule has 2 rings (SSSR count). The minimum absolute atomic E-state index is 0.134. The molecule has 1 heterocycles. The quantitative estimate of drug-likeness (QED) is 0.838. The summed E-state index contributed by atoms with van der Waals surface area (Å²) >= 11 is 0. The summed E-state index contributed by atoms with van der Waals surface area (Å²) in [6, 6.07) is 8.76. The van der Waals surface area contributed by atoms with Gasteiger partial charge in [-0.3, -0.25) is 9.59 Å². The van der Waals surface area contributed by atoms with E-state index in [4.69, 9.17) is 4.42 Å². The molecule has 2 amide bonds. The molecule has 0 unspecified atom stereocenters. The molecule has 2 aromatic rings. The van der Waals surface area contributed by atoms with Crippen molar-refractivity contribution in [2.45, 2.75) is 39.9 Å². The van der Waals surface area contributed by atoms with Crippen molar-refractivity contribution in [3.05, 3.63) is 59.8 Å². The molecular formula is C19H23FN2O3. The Morgan fingerprint density at radius 2 is 1.84 bits per heavy atom. The third-order valence-electron chi connectivity index (χ3n) is 3.91. The fourth-order valence-corrected chi connectivity index (χ4v) is 2.40. The molecule has 0 fully saturated rings. The lowest BCUT2D eigenvalue weighted by Gasteiger charge is -2.30. The largest absolute Gasteiger partial charge is 0.467 e. The van der Waals surface area contributed by atoms with Crippen LogP contribution in [0.15, 0.2) is 47.1 Å². The van der Waals surface area contributed by atoms with Gasteiger partial charge in [-0.25, -0.2) is 4.39 Å². The molecule has 1 aromatic heterocycles. The fourth-order valence-electron chi connectivity index (χ4n) is 2.40. The molecule has 1 aromatic carbocycles. The first kappa shape index (κ1) is 18.7. The zero-order chi connectivity index (χ0) is 18.4. The number of benzene rings is 1. The van der Waals surface area contributed by atoms with Crippen LogP contribution < -0.4 is 5.32 Å². The van der Waals surface area contributed by atoms with Crippen molar-refractivity contribution >= 4 is 11.8 Å². The Labute approximate surface area is 146 Å². The molecular weight excluding hydrogens is 323 g/mol. The minimum Gasteiger partial charge on any atom is -0.467 e. The molecule has 0 saturated heterocycles. The third kappa shape index (κ3) is 5.17. The van der Waals surface area contributed by atoms with Crippen molar-refractivity contribution in [2.24, 2.45) is 5.92 Å². The number of carbonyl (C=O) groups is 2. The number of amides is 2. The van der Waals surface area contributed by atoms with Gasteiger partial charge in [0.15, 0.2) is 0 Å². The fraction of sp³-hybridized carbons (Fsp3) is 0.368. The van der Waals surface area contributed by atoms with E-state index in [0.717, 1.165) is 5.56 Å². The van der Waals surface area contributed by atoms with Gasteiger partial charge in [0.1, 0.15) is 17.6 Å². The summed E-state index contributed by atoms with van der Waals surface area (Å²) < 4.78 is 18.3. The number of nitrogens with one attached hydrogen (secondary N) is 1. The van der Waals surface area contributed by atoms with Gasteiger partial charge in [-0.15, -0.1) is 0 Å². The van der Waals surface area contributed by atoms with Crippen LogP contribution in [0.1, 0.15) is 32.1 Å². The number of furan rings is 1. The second-order valence-electron chi connectivity index (χ2n) is 6.22. The number of rotatable bonds is 7. The van der Waals surface area contributed by atoms with Crippen LogP contribution in [0.3, 0.4) is 0 Å². The van der Waals surface area contributed by atoms with Crippen molar-refractivity contribution < 1.29 is 18.4 Å². The monoisotopic (exact) mass is 346 g/mol. The molecule has 0 aliphatic carbocycles. The summed E-state index contributed by atoms with van der Waals surface area (Å²) in [5.41, 5.74) is 0.765. The summed E-state index contributed by atoms with van der Waals surface area (Å²) in [6.07, 6.45) is 1.54. The first-order valence-electron chi connectivity index (χ1n) is 8.23. The van der Waals surface area contributed by atoms with Crippen LogP contribution in [0.5, 0.6) is 0 Å². The van der Waals surface area contributed by atoms with E-state index in [9.17, 15) is 14.0 Å². The van der Waals surface area contributed by atoms with Crippen LogP contribution in [-0.4, -0.2) is 22.8 Å². The molecule has 0 aliphatic heterocycles. The molecule has 1 N–H and O–H groups in total. The molecule has 0 radical (unpaired) electrons. The van der Waals surface area contributed by atoms with Gasteiger partial charge in [0.2, 0.25) is 11.8 Å². The first-order chi connectivity index (χ1) is 11.9. The average molecular weight is 346 g/mol. The van der Waals surface area contributed by atoms with Crippen molar-refractivity contribution in [1.82, 2.24) is 10.2 Å². The van der Waals surface area contributed by atoms with E-state index in [1.165, 1.54) is 23.3 Å². The van der Waals surface area contributed by atoms with Crippen LogP contribution in [0.4, 0.5) is 4.39 Å². The Bertz CT molecular complexity index is 696. The normalized spacial score (nSPS) is 12.0. The van der Waals surface area contributed by atoms with Crippen molar-refractivity contribution in [2.75, 3.05) is 0 Å². The van der Waals surface area contributed by atoms with Crippen molar-refractivity contribution in [3.63, 3.8) is 0 Å². The van der Waals surface area contributed by atoms with Crippen molar-refractivity contribution in [1.29, 1.82) is 0 Å². The van der Waals surface area contributed by atoms with E-state index in [0.29, 0.717) is 5.76 Å². The zero-order valence-electron chi connectivity index (χ0n) is 14.7. The number of carbonyl (C=O) groups excluding carboxylic acids is 2. The maximum Gasteiger partial charge on any atom is 0.242 e. The van der Waals surface area contributed by atoms with Crippen molar-refractivity contribution in [3.8, 4) is 0 Å². The highest BCUT2D eigenvalue weighted by molar-refractivity contribution is 5.88.